The maximum Gasteiger partial charge on any atom is 0.0668 e. The van der Waals surface area contributed by atoms with E-state index >= 15 is 0 Å². The fraction of sp³-hybridized carbons (Fsp3) is 0.333. The minimum absolute atomic E-state index is 0.327. The second-order valence-electron chi connectivity index (χ2n) is 4.72. The number of fused-ring (bicyclic) bond motifs is 1. The number of halogens is 1. The molecular formula is C15H16BrNS. The van der Waals surface area contributed by atoms with Crippen molar-refractivity contribution >= 4 is 27.3 Å². The highest BCUT2D eigenvalue weighted by Crippen LogP contribution is 2.36. The van der Waals surface area contributed by atoms with Crippen LogP contribution in [-0.4, -0.2) is 7.05 Å². The van der Waals surface area contributed by atoms with Crippen LogP contribution in [-0.2, 0) is 12.8 Å². The van der Waals surface area contributed by atoms with Crippen LogP contribution in [0.1, 0.15) is 33.3 Å². The lowest BCUT2D eigenvalue weighted by atomic mass is 10.0. The van der Waals surface area contributed by atoms with E-state index in [1.165, 1.54) is 29.7 Å². The molecule has 0 saturated carbocycles. The number of benzene rings is 1. The minimum atomic E-state index is 0.327. The van der Waals surface area contributed by atoms with Crippen molar-refractivity contribution in [1.29, 1.82) is 0 Å². The van der Waals surface area contributed by atoms with Gasteiger partial charge in [-0.25, -0.2) is 0 Å². The molecule has 0 amide bonds. The van der Waals surface area contributed by atoms with E-state index in [9.17, 15) is 0 Å². The highest BCUT2D eigenvalue weighted by atomic mass is 79.9. The first kappa shape index (κ1) is 12.4. The smallest absolute Gasteiger partial charge is 0.0668 e. The summed E-state index contributed by atoms with van der Waals surface area (Å²) in [5.74, 6) is 0. The Kier molecular flexibility index (Phi) is 3.55. The van der Waals surface area contributed by atoms with Gasteiger partial charge >= 0.3 is 0 Å². The van der Waals surface area contributed by atoms with Crippen LogP contribution in [0.5, 0.6) is 0 Å². The number of hydrogen-bond acceptors (Lipinski definition) is 2. The van der Waals surface area contributed by atoms with Gasteiger partial charge in [0.2, 0.25) is 0 Å². The molecule has 18 heavy (non-hydrogen) atoms. The minimum Gasteiger partial charge on any atom is -0.309 e. The van der Waals surface area contributed by atoms with Crippen LogP contribution in [0.3, 0.4) is 0 Å². The standard InChI is InChI=1S/C15H16BrNS/c1-17-15(10-5-7-12(16)8-6-10)14-9-11-3-2-4-13(11)18-14/h5-9,15,17H,2-4H2,1H3. The molecular weight excluding hydrogens is 306 g/mol. The molecule has 1 aromatic heterocycles. The van der Waals surface area contributed by atoms with E-state index in [4.69, 9.17) is 0 Å². The van der Waals surface area contributed by atoms with Gasteiger partial charge in [0.05, 0.1) is 6.04 Å². The molecule has 1 aliphatic carbocycles. The molecule has 1 heterocycles. The third kappa shape index (κ3) is 2.27. The van der Waals surface area contributed by atoms with Crippen LogP contribution in [0.25, 0.3) is 0 Å². The zero-order valence-corrected chi connectivity index (χ0v) is 12.8. The Morgan fingerprint density at radius 1 is 1.22 bits per heavy atom. The number of hydrogen-bond donors (Lipinski definition) is 1. The Labute approximate surface area is 120 Å². The maximum absolute atomic E-state index is 3.49. The monoisotopic (exact) mass is 321 g/mol. The quantitative estimate of drug-likeness (QED) is 0.888. The molecule has 0 spiro atoms. The Morgan fingerprint density at radius 2 is 2.00 bits per heavy atom. The van der Waals surface area contributed by atoms with Crippen LogP contribution < -0.4 is 5.32 Å². The highest BCUT2D eigenvalue weighted by Gasteiger charge is 2.20. The Balaban J connectivity index is 1.93. The summed E-state index contributed by atoms with van der Waals surface area (Å²) in [5, 5.41) is 3.44. The average molecular weight is 322 g/mol. The third-order valence-corrected chi connectivity index (χ3v) is 5.37. The summed E-state index contributed by atoms with van der Waals surface area (Å²) in [5.41, 5.74) is 2.91. The van der Waals surface area contributed by atoms with Crippen LogP contribution in [0.15, 0.2) is 34.8 Å². The maximum atomic E-state index is 3.49. The van der Waals surface area contributed by atoms with Crippen molar-refractivity contribution in [2.24, 2.45) is 0 Å². The van der Waals surface area contributed by atoms with Gasteiger partial charge in [0.15, 0.2) is 0 Å². The van der Waals surface area contributed by atoms with Crippen molar-refractivity contribution in [3.63, 3.8) is 0 Å². The largest absolute Gasteiger partial charge is 0.309 e. The Hall–Kier alpha value is -0.640. The van der Waals surface area contributed by atoms with E-state index in [0.29, 0.717) is 6.04 Å². The van der Waals surface area contributed by atoms with Gasteiger partial charge in [0.25, 0.3) is 0 Å². The van der Waals surface area contributed by atoms with Gasteiger partial charge < -0.3 is 5.32 Å². The van der Waals surface area contributed by atoms with Crippen LogP contribution in [0, 0.1) is 0 Å². The lowest BCUT2D eigenvalue weighted by molar-refractivity contribution is 0.703. The topological polar surface area (TPSA) is 12.0 Å². The first-order valence-corrected chi connectivity index (χ1v) is 7.93. The highest BCUT2D eigenvalue weighted by molar-refractivity contribution is 9.10. The van der Waals surface area contributed by atoms with Crippen LogP contribution in [0.4, 0.5) is 0 Å². The summed E-state index contributed by atoms with van der Waals surface area (Å²) in [6.07, 6.45) is 3.88. The summed E-state index contributed by atoms with van der Waals surface area (Å²) in [6, 6.07) is 11.3. The van der Waals surface area contributed by atoms with Gasteiger partial charge in [0.1, 0.15) is 0 Å². The molecule has 1 aliphatic rings. The van der Waals surface area contributed by atoms with Crippen molar-refractivity contribution in [3.8, 4) is 0 Å². The van der Waals surface area contributed by atoms with Gasteiger partial charge in [0, 0.05) is 14.2 Å². The number of nitrogens with one attached hydrogen (secondary N) is 1. The van der Waals surface area contributed by atoms with Gasteiger partial charge in [-0.1, -0.05) is 28.1 Å². The van der Waals surface area contributed by atoms with E-state index in [0.717, 1.165) is 4.47 Å². The third-order valence-electron chi connectivity index (χ3n) is 3.54. The molecule has 0 radical (unpaired) electrons. The molecule has 1 N–H and O–H groups in total. The molecule has 1 unspecified atom stereocenters. The van der Waals surface area contributed by atoms with E-state index in [1.54, 1.807) is 10.4 Å². The SMILES string of the molecule is CNC(c1ccc(Br)cc1)c1cc2c(s1)CCC2. The Bertz CT molecular complexity index is 523. The molecule has 0 aliphatic heterocycles. The predicted octanol–water partition coefficient (Wildman–Crippen LogP) is 4.31. The van der Waals surface area contributed by atoms with Gasteiger partial charge in [-0.2, -0.15) is 0 Å². The molecule has 1 atom stereocenters. The van der Waals surface area contributed by atoms with Crippen molar-refractivity contribution in [1.82, 2.24) is 5.32 Å². The lowest BCUT2D eigenvalue weighted by Crippen LogP contribution is -2.16. The molecule has 3 rings (SSSR count). The van der Waals surface area contributed by atoms with Crippen LogP contribution in [0.2, 0.25) is 0 Å². The normalized spacial score (nSPS) is 15.7. The second-order valence-corrected chi connectivity index (χ2v) is 6.81. The fourth-order valence-corrected chi connectivity index (χ4v) is 4.28. The molecule has 94 valence electrons. The van der Waals surface area contributed by atoms with Crippen molar-refractivity contribution in [2.75, 3.05) is 7.05 Å². The van der Waals surface area contributed by atoms with E-state index in [-0.39, 0.29) is 0 Å². The van der Waals surface area contributed by atoms with Crippen molar-refractivity contribution in [3.05, 3.63) is 55.7 Å². The van der Waals surface area contributed by atoms with E-state index in [2.05, 4.69) is 51.6 Å². The summed E-state index contributed by atoms with van der Waals surface area (Å²) >= 11 is 5.47. The predicted molar refractivity (Wildman–Crippen MR) is 81.4 cm³/mol. The molecule has 0 fully saturated rings. The summed E-state index contributed by atoms with van der Waals surface area (Å²) < 4.78 is 1.13. The van der Waals surface area contributed by atoms with Gasteiger partial charge in [-0.3, -0.25) is 0 Å². The van der Waals surface area contributed by atoms with Gasteiger partial charge in [-0.15, -0.1) is 11.3 Å². The first-order chi connectivity index (χ1) is 8.78. The molecule has 3 heteroatoms. The van der Waals surface area contributed by atoms with Crippen LogP contribution >= 0.6 is 27.3 Å². The molecule has 0 saturated heterocycles. The summed E-state index contributed by atoms with van der Waals surface area (Å²) in [4.78, 5) is 3.05. The average Bonchev–Trinajstić information content (AvgIpc) is 2.93. The zero-order valence-electron chi connectivity index (χ0n) is 10.4. The van der Waals surface area contributed by atoms with Crippen molar-refractivity contribution in [2.45, 2.75) is 25.3 Å². The van der Waals surface area contributed by atoms with Gasteiger partial charge in [-0.05, 0) is 55.6 Å². The number of rotatable bonds is 3. The lowest BCUT2D eigenvalue weighted by Gasteiger charge is -2.15. The molecule has 1 nitrogen and oxygen atoms in total. The molecule has 0 bridgehead atoms. The van der Waals surface area contributed by atoms with E-state index in [1.807, 2.05) is 18.4 Å². The molecule has 1 aromatic carbocycles. The van der Waals surface area contributed by atoms with E-state index < -0.39 is 0 Å². The van der Waals surface area contributed by atoms with Crippen molar-refractivity contribution < 1.29 is 0 Å². The first-order valence-electron chi connectivity index (χ1n) is 6.32. The number of thiophene rings is 1. The fourth-order valence-electron chi connectivity index (χ4n) is 2.62. The summed E-state index contributed by atoms with van der Waals surface area (Å²) in [7, 11) is 2.04. The molecule has 2 aromatic rings. The zero-order chi connectivity index (χ0) is 12.5. The second kappa shape index (κ2) is 5.16. The number of aryl methyl sites for hydroxylation is 2. The Morgan fingerprint density at radius 3 is 2.67 bits per heavy atom. The summed E-state index contributed by atoms with van der Waals surface area (Å²) in [6.45, 7) is 0.